The number of rotatable bonds is 13. The van der Waals surface area contributed by atoms with Crippen molar-refractivity contribution in [3.63, 3.8) is 0 Å². The molecule has 3 aromatic carbocycles. The van der Waals surface area contributed by atoms with E-state index in [9.17, 15) is 19.2 Å². The third-order valence-electron chi connectivity index (χ3n) is 10.2. The molecule has 4 heterocycles. The number of imide groups is 1. The molecule has 1 unspecified atom stereocenters. The number of halogens is 1. The second-order valence-corrected chi connectivity index (χ2v) is 17.9. The molecule has 4 aromatic rings. The van der Waals surface area contributed by atoms with Crippen LogP contribution in [-0.4, -0.2) is 89.9 Å². The Morgan fingerprint density at radius 3 is 2.59 bits per heavy atom. The molecular weight excluding hydrogens is 771 g/mol. The van der Waals surface area contributed by atoms with Crippen molar-refractivity contribution in [2.45, 2.75) is 55.6 Å². The van der Waals surface area contributed by atoms with Crippen LogP contribution in [0.2, 0.25) is 5.02 Å². The second-order valence-electron chi connectivity index (χ2n) is 14.0. The minimum atomic E-state index is -0.660. The maximum Gasteiger partial charge on any atom is 0.255 e. The lowest BCUT2D eigenvalue weighted by Crippen LogP contribution is -2.52. The van der Waals surface area contributed by atoms with E-state index in [1.807, 2.05) is 48.5 Å². The van der Waals surface area contributed by atoms with Crippen molar-refractivity contribution in [1.82, 2.24) is 25.5 Å². The summed E-state index contributed by atoms with van der Waals surface area (Å²) < 4.78 is 5.76. The number of carbonyl (C=O) groups is 4. The molecule has 4 N–H and O–H groups in total. The highest BCUT2D eigenvalue weighted by Crippen LogP contribution is 2.36. The summed E-state index contributed by atoms with van der Waals surface area (Å²) >= 11 is 8.03. The van der Waals surface area contributed by atoms with Crippen molar-refractivity contribution in [1.29, 1.82) is 0 Å². The lowest BCUT2D eigenvalue weighted by molar-refractivity contribution is -0.137. The largest absolute Gasteiger partial charge is 0.494 e. The van der Waals surface area contributed by atoms with E-state index in [4.69, 9.17) is 16.3 Å². The van der Waals surface area contributed by atoms with E-state index in [1.165, 1.54) is 17.1 Å². The molecule has 0 radical (unpaired) electrons. The molecule has 4 amide bonds. The van der Waals surface area contributed by atoms with Gasteiger partial charge in [-0.1, -0.05) is 43.8 Å². The fourth-order valence-corrected chi connectivity index (χ4v) is 9.41. The van der Waals surface area contributed by atoms with Crippen LogP contribution in [0, 0.1) is 0 Å². The molecular formula is C40H44ClN8O5PS. The van der Waals surface area contributed by atoms with Crippen LogP contribution < -0.4 is 36.2 Å². The molecule has 2 saturated heterocycles. The summed E-state index contributed by atoms with van der Waals surface area (Å²) in [5, 5.41) is 13.9. The van der Waals surface area contributed by atoms with E-state index in [0.717, 1.165) is 47.8 Å². The molecule has 2 fully saturated rings. The number of thioether (sulfide) groups is 1. The molecule has 16 heteroatoms. The average Bonchev–Trinajstić information content (AvgIpc) is 3.53. The summed E-state index contributed by atoms with van der Waals surface area (Å²) in [7, 11) is 1.29. The van der Waals surface area contributed by atoms with Gasteiger partial charge in [-0.25, -0.2) is 4.98 Å². The number of nitrogens with one attached hydrogen (secondary N) is 4. The van der Waals surface area contributed by atoms with E-state index in [-0.39, 0.29) is 38.1 Å². The maximum absolute atomic E-state index is 13.2. The van der Waals surface area contributed by atoms with Gasteiger partial charge in [-0.2, -0.15) is 4.98 Å². The quantitative estimate of drug-likeness (QED) is 0.0711. The molecule has 7 rings (SSSR count). The van der Waals surface area contributed by atoms with Crippen LogP contribution >= 0.6 is 31.3 Å². The molecule has 0 aliphatic carbocycles. The van der Waals surface area contributed by atoms with Crippen LogP contribution in [0.25, 0.3) is 0 Å². The van der Waals surface area contributed by atoms with Crippen molar-refractivity contribution in [3.8, 4) is 5.75 Å². The zero-order valence-electron chi connectivity index (χ0n) is 31.4. The van der Waals surface area contributed by atoms with Gasteiger partial charge >= 0.3 is 0 Å². The first-order valence-corrected chi connectivity index (χ1v) is 22.1. The van der Waals surface area contributed by atoms with E-state index < -0.39 is 11.9 Å². The number of piperidine rings is 2. The summed E-state index contributed by atoms with van der Waals surface area (Å²) in [5.74, 6) is 1.14. The number of hydrogen-bond acceptors (Lipinski definition) is 11. The van der Waals surface area contributed by atoms with Gasteiger partial charge in [0.2, 0.25) is 23.7 Å². The molecule has 13 nitrogen and oxygen atoms in total. The molecule has 3 aliphatic rings. The van der Waals surface area contributed by atoms with Gasteiger partial charge in [-0.05, 0) is 73.8 Å². The lowest BCUT2D eigenvalue weighted by Gasteiger charge is -2.34. The minimum absolute atomic E-state index is 0.00496. The highest BCUT2D eigenvalue weighted by molar-refractivity contribution is 7.99. The third-order valence-corrected chi connectivity index (χ3v) is 12.9. The predicted molar refractivity (Wildman–Crippen MR) is 223 cm³/mol. The van der Waals surface area contributed by atoms with E-state index in [0.29, 0.717) is 58.9 Å². The second kappa shape index (κ2) is 17.5. The normalized spacial score (nSPS) is 17.2. The number of para-hydroxylation sites is 1. The predicted octanol–water partition coefficient (Wildman–Crippen LogP) is 6.02. The number of methoxy groups -OCH3 is 1. The molecule has 56 heavy (non-hydrogen) atoms. The minimum Gasteiger partial charge on any atom is -0.494 e. The number of hydrogen-bond donors (Lipinski definition) is 4. The average molecular weight is 815 g/mol. The Kier molecular flexibility index (Phi) is 12.3. The summed E-state index contributed by atoms with van der Waals surface area (Å²) in [4.78, 5) is 64.0. The number of aromatic nitrogens is 2. The maximum atomic E-state index is 13.2. The molecule has 0 bridgehead atoms. The molecule has 292 valence electrons. The van der Waals surface area contributed by atoms with Crippen molar-refractivity contribution < 1.29 is 23.9 Å². The van der Waals surface area contributed by atoms with Gasteiger partial charge < -0.3 is 30.5 Å². The monoisotopic (exact) mass is 814 g/mol. The SMILES string of the molecule is COc1cc(N2CCC(NC(=O)CCSc3cccc4c3CN(C3CCC(=O)NC3=O)C4=O)CC2)ccc1Nc1ncc(Cl)c(Nc2ccccc2P(C)C)n1. The van der Waals surface area contributed by atoms with Crippen LogP contribution in [0.3, 0.4) is 0 Å². The van der Waals surface area contributed by atoms with Gasteiger partial charge in [-0.3, -0.25) is 24.5 Å². The van der Waals surface area contributed by atoms with Gasteiger partial charge in [0, 0.05) is 72.2 Å². The van der Waals surface area contributed by atoms with Crippen LogP contribution in [0.15, 0.2) is 71.8 Å². The van der Waals surface area contributed by atoms with Crippen molar-refractivity contribution >= 4 is 89.0 Å². The Labute approximate surface area is 336 Å². The zero-order valence-corrected chi connectivity index (χ0v) is 33.9. The van der Waals surface area contributed by atoms with Crippen molar-refractivity contribution in [3.05, 3.63) is 83.0 Å². The standard InChI is InChI=1S/C40H44ClN8O5PS/c1-54-32-21-25(11-12-29(32)45-40-42-22-28(41)37(47-40)44-30-8-4-5-9-33(30)55(2)3)48-18-15-24(16-19-48)43-36(51)17-20-56-34-10-6-7-26-27(34)23-49(39(26)53)31-13-14-35(50)46-38(31)52/h4-12,21-22,24,31H,13-20,23H2,1-3H3,(H,43,51)(H,46,50,52)(H2,42,44,45,47). The van der Waals surface area contributed by atoms with Crippen LogP contribution in [0.5, 0.6) is 5.75 Å². The molecule has 3 aliphatic heterocycles. The molecule has 0 saturated carbocycles. The number of fused-ring (bicyclic) bond motifs is 1. The Bertz CT molecular complexity index is 2150. The first-order valence-electron chi connectivity index (χ1n) is 18.5. The number of ether oxygens (including phenoxy) is 1. The Hall–Kier alpha value is -4.91. The van der Waals surface area contributed by atoms with Gasteiger partial charge in [0.25, 0.3) is 5.91 Å². The van der Waals surface area contributed by atoms with Gasteiger partial charge in [0.15, 0.2) is 5.82 Å². The number of carbonyl (C=O) groups excluding carboxylic acids is 4. The zero-order chi connectivity index (χ0) is 39.3. The number of anilines is 5. The van der Waals surface area contributed by atoms with Crippen LogP contribution in [-0.2, 0) is 20.9 Å². The highest BCUT2D eigenvalue weighted by Gasteiger charge is 2.40. The Morgan fingerprint density at radius 1 is 1.02 bits per heavy atom. The first-order chi connectivity index (χ1) is 27.1. The Morgan fingerprint density at radius 2 is 1.82 bits per heavy atom. The number of amides is 4. The van der Waals surface area contributed by atoms with Gasteiger partial charge in [0.05, 0.1) is 19.0 Å². The van der Waals surface area contributed by atoms with E-state index in [2.05, 4.69) is 55.5 Å². The van der Waals surface area contributed by atoms with Crippen molar-refractivity contribution in [2.24, 2.45) is 0 Å². The third kappa shape index (κ3) is 8.88. The van der Waals surface area contributed by atoms with Gasteiger partial charge in [-0.15, -0.1) is 11.8 Å². The van der Waals surface area contributed by atoms with Crippen LogP contribution in [0.4, 0.5) is 28.8 Å². The van der Waals surface area contributed by atoms with Crippen LogP contribution in [0.1, 0.15) is 48.0 Å². The summed E-state index contributed by atoms with van der Waals surface area (Å²) in [5.41, 5.74) is 4.14. The molecule has 1 atom stereocenters. The van der Waals surface area contributed by atoms with E-state index >= 15 is 0 Å². The van der Waals surface area contributed by atoms with E-state index in [1.54, 1.807) is 24.3 Å². The highest BCUT2D eigenvalue weighted by atomic mass is 35.5. The fraction of sp³-hybridized carbons (Fsp3) is 0.350. The topological polar surface area (TPSA) is 158 Å². The Balaban J connectivity index is 0.891. The lowest BCUT2D eigenvalue weighted by atomic mass is 10.0. The van der Waals surface area contributed by atoms with Gasteiger partial charge in [0.1, 0.15) is 16.8 Å². The molecule has 0 spiro atoms. The first kappa shape index (κ1) is 39.3. The summed E-state index contributed by atoms with van der Waals surface area (Å²) in [6.45, 7) is 6.27. The fourth-order valence-electron chi connectivity index (χ4n) is 7.24. The molecule has 1 aromatic heterocycles. The number of benzene rings is 3. The summed E-state index contributed by atoms with van der Waals surface area (Å²) in [6.07, 6.45) is 4.06. The van der Waals surface area contributed by atoms with Crippen molar-refractivity contribution in [2.75, 3.05) is 54.8 Å². The smallest absolute Gasteiger partial charge is 0.255 e. The number of nitrogens with zero attached hydrogens (tertiary/aromatic N) is 4. The summed E-state index contributed by atoms with van der Waals surface area (Å²) in [6, 6.07) is 19.1.